The fraction of sp³-hybridized carbons (Fsp3) is 0.538. The summed E-state index contributed by atoms with van der Waals surface area (Å²) >= 11 is 3.02. The largest absolute Gasteiger partial charge is 0.314 e. The van der Waals surface area contributed by atoms with Gasteiger partial charge in [-0.3, -0.25) is 4.90 Å². The minimum absolute atomic E-state index is 0.107. The first-order chi connectivity index (χ1) is 9.90. The van der Waals surface area contributed by atoms with Gasteiger partial charge >= 0.3 is 0 Å². The Morgan fingerprint density at radius 2 is 2.05 bits per heavy atom. The third-order valence-corrected chi connectivity index (χ3v) is 5.65. The molecule has 0 amide bonds. The summed E-state index contributed by atoms with van der Waals surface area (Å²) in [5, 5.41) is 3.25. The third kappa shape index (κ3) is 4.46. The van der Waals surface area contributed by atoms with Crippen molar-refractivity contribution < 1.29 is 12.8 Å². The van der Waals surface area contributed by atoms with Crippen molar-refractivity contribution in [1.82, 2.24) is 14.9 Å². The summed E-state index contributed by atoms with van der Waals surface area (Å²) in [6.45, 7) is 6.29. The number of hydrogen-bond donors (Lipinski definition) is 2. The maximum Gasteiger partial charge on any atom is 0.240 e. The highest BCUT2D eigenvalue weighted by atomic mass is 79.9. The Bertz CT molecular complexity index is 604. The number of piperazine rings is 1. The second kappa shape index (κ2) is 7.15. The van der Waals surface area contributed by atoms with Gasteiger partial charge in [-0.25, -0.2) is 17.5 Å². The molecule has 0 unspecified atom stereocenters. The van der Waals surface area contributed by atoms with E-state index >= 15 is 0 Å². The van der Waals surface area contributed by atoms with Gasteiger partial charge in [0, 0.05) is 39.3 Å². The fourth-order valence-electron chi connectivity index (χ4n) is 2.27. The van der Waals surface area contributed by atoms with Crippen LogP contribution in [0, 0.1) is 12.7 Å². The van der Waals surface area contributed by atoms with Crippen LogP contribution in [0.5, 0.6) is 0 Å². The summed E-state index contributed by atoms with van der Waals surface area (Å²) in [7, 11) is -3.62. The van der Waals surface area contributed by atoms with Crippen molar-refractivity contribution in [2.75, 3.05) is 39.3 Å². The summed E-state index contributed by atoms with van der Waals surface area (Å²) in [6, 6.07) is 2.52. The van der Waals surface area contributed by atoms with Gasteiger partial charge in [0.15, 0.2) is 0 Å². The normalized spacial score (nSPS) is 17.1. The smallest absolute Gasteiger partial charge is 0.240 e. The first-order valence-electron chi connectivity index (χ1n) is 6.78. The Morgan fingerprint density at radius 1 is 1.38 bits per heavy atom. The summed E-state index contributed by atoms with van der Waals surface area (Å²) in [6.07, 6.45) is 0. The molecule has 1 saturated heterocycles. The Hall–Kier alpha value is -0.540. The molecule has 0 aromatic heterocycles. The molecule has 1 fully saturated rings. The summed E-state index contributed by atoms with van der Waals surface area (Å²) < 4.78 is 40.6. The second-order valence-corrected chi connectivity index (χ2v) is 7.61. The first kappa shape index (κ1) is 16.8. The molecule has 2 rings (SSSR count). The molecule has 0 saturated carbocycles. The van der Waals surface area contributed by atoms with Gasteiger partial charge in [0.2, 0.25) is 10.0 Å². The lowest BCUT2D eigenvalue weighted by molar-refractivity contribution is 0.245. The van der Waals surface area contributed by atoms with Crippen molar-refractivity contribution in [3.05, 3.63) is 28.0 Å². The zero-order valence-electron chi connectivity index (χ0n) is 11.8. The van der Waals surface area contributed by atoms with E-state index < -0.39 is 15.8 Å². The zero-order valence-corrected chi connectivity index (χ0v) is 14.2. The van der Waals surface area contributed by atoms with Crippen LogP contribution in [0.3, 0.4) is 0 Å². The highest BCUT2D eigenvalue weighted by Gasteiger charge is 2.19. The highest BCUT2D eigenvalue weighted by Crippen LogP contribution is 2.23. The van der Waals surface area contributed by atoms with Crippen LogP contribution in [0.4, 0.5) is 4.39 Å². The Labute approximate surface area is 133 Å². The van der Waals surface area contributed by atoms with Crippen molar-refractivity contribution in [1.29, 1.82) is 0 Å². The average molecular weight is 380 g/mol. The topological polar surface area (TPSA) is 61.4 Å². The number of halogens is 2. The van der Waals surface area contributed by atoms with E-state index in [4.69, 9.17) is 0 Å². The number of rotatable bonds is 5. The molecule has 1 aromatic carbocycles. The van der Waals surface area contributed by atoms with Gasteiger partial charge in [-0.2, -0.15) is 0 Å². The van der Waals surface area contributed by atoms with E-state index in [9.17, 15) is 12.8 Å². The van der Waals surface area contributed by atoms with Gasteiger partial charge in [-0.05, 0) is 40.5 Å². The van der Waals surface area contributed by atoms with E-state index in [1.807, 2.05) is 0 Å². The molecule has 1 aliphatic rings. The summed E-state index contributed by atoms with van der Waals surface area (Å²) in [5.41, 5.74) is 0.394. The minimum Gasteiger partial charge on any atom is -0.314 e. The van der Waals surface area contributed by atoms with E-state index in [-0.39, 0.29) is 9.37 Å². The van der Waals surface area contributed by atoms with Crippen molar-refractivity contribution in [2.24, 2.45) is 0 Å². The SMILES string of the molecule is Cc1cc(F)c(Br)cc1S(=O)(=O)NCCN1CCNCC1. The number of benzene rings is 1. The van der Waals surface area contributed by atoms with Crippen molar-refractivity contribution in [2.45, 2.75) is 11.8 Å². The molecule has 0 bridgehead atoms. The number of hydrogen-bond acceptors (Lipinski definition) is 4. The zero-order chi connectivity index (χ0) is 15.5. The predicted molar refractivity (Wildman–Crippen MR) is 83.3 cm³/mol. The predicted octanol–water partition coefficient (Wildman–Crippen LogP) is 1.08. The van der Waals surface area contributed by atoms with E-state index in [1.54, 1.807) is 6.92 Å². The van der Waals surface area contributed by atoms with E-state index in [0.717, 1.165) is 26.2 Å². The van der Waals surface area contributed by atoms with Crippen LogP contribution < -0.4 is 10.0 Å². The van der Waals surface area contributed by atoms with E-state index in [0.29, 0.717) is 18.7 Å². The van der Waals surface area contributed by atoms with Crippen molar-refractivity contribution >= 4 is 26.0 Å². The highest BCUT2D eigenvalue weighted by molar-refractivity contribution is 9.10. The standard InChI is InChI=1S/C13H19BrFN3O2S/c1-10-8-12(15)11(14)9-13(10)21(19,20)17-4-7-18-5-2-16-3-6-18/h8-9,16-17H,2-7H2,1H3. The molecule has 8 heteroatoms. The molecule has 21 heavy (non-hydrogen) atoms. The van der Waals surface area contributed by atoms with Gasteiger partial charge < -0.3 is 5.32 Å². The van der Waals surface area contributed by atoms with Gasteiger partial charge in [-0.15, -0.1) is 0 Å². The van der Waals surface area contributed by atoms with Gasteiger partial charge in [0.25, 0.3) is 0 Å². The molecule has 0 radical (unpaired) electrons. The van der Waals surface area contributed by atoms with Gasteiger partial charge in [0.1, 0.15) is 5.82 Å². The molecule has 118 valence electrons. The summed E-state index contributed by atoms with van der Waals surface area (Å²) in [5.74, 6) is -0.465. The maximum absolute atomic E-state index is 13.4. The van der Waals surface area contributed by atoms with Crippen LogP contribution in [0.15, 0.2) is 21.5 Å². The molecular weight excluding hydrogens is 361 g/mol. The van der Waals surface area contributed by atoms with Crippen LogP contribution in [0.25, 0.3) is 0 Å². The quantitative estimate of drug-likeness (QED) is 0.803. The van der Waals surface area contributed by atoms with E-state index in [2.05, 4.69) is 30.9 Å². The number of aryl methyl sites for hydroxylation is 1. The number of nitrogens with zero attached hydrogens (tertiary/aromatic N) is 1. The molecule has 1 heterocycles. The molecule has 1 aliphatic heterocycles. The van der Waals surface area contributed by atoms with E-state index in [1.165, 1.54) is 12.1 Å². The molecule has 5 nitrogen and oxygen atoms in total. The molecule has 1 aromatic rings. The van der Waals surface area contributed by atoms with Crippen LogP contribution in [-0.4, -0.2) is 52.6 Å². The Kier molecular flexibility index (Phi) is 5.73. The third-order valence-electron chi connectivity index (χ3n) is 3.44. The molecule has 0 spiro atoms. The number of sulfonamides is 1. The van der Waals surface area contributed by atoms with Crippen molar-refractivity contribution in [3.63, 3.8) is 0 Å². The Morgan fingerprint density at radius 3 is 2.71 bits per heavy atom. The van der Waals surface area contributed by atoms with Crippen LogP contribution in [0.2, 0.25) is 0 Å². The molecule has 2 N–H and O–H groups in total. The Balaban J connectivity index is 1.99. The van der Waals surface area contributed by atoms with Crippen molar-refractivity contribution in [3.8, 4) is 0 Å². The monoisotopic (exact) mass is 379 g/mol. The van der Waals surface area contributed by atoms with Crippen LogP contribution in [-0.2, 0) is 10.0 Å². The lowest BCUT2D eigenvalue weighted by Crippen LogP contribution is -2.46. The summed E-state index contributed by atoms with van der Waals surface area (Å²) in [4.78, 5) is 2.31. The molecule has 0 atom stereocenters. The number of nitrogens with one attached hydrogen (secondary N) is 2. The lowest BCUT2D eigenvalue weighted by atomic mass is 10.2. The van der Waals surface area contributed by atoms with Gasteiger partial charge in [0.05, 0.1) is 9.37 Å². The van der Waals surface area contributed by atoms with Crippen LogP contribution >= 0.6 is 15.9 Å². The fourth-order valence-corrected chi connectivity index (χ4v) is 4.03. The molecular formula is C13H19BrFN3O2S. The maximum atomic E-state index is 13.4. The minimum atomic E-state index is -3.62. The van der Waals surface area contributed by atoms with Gasteiger partial charge in [-0.1, -0.05) is 0 Å². The molecule has 0 aliphatic carbocycles. The lowest BCUT2D eigenvalue weighted by Gasteiger charge is -2.27. The second-order valence-electron chi connectivity index (χ2n) is 5.02. The first-order valence-corrected chi connectivity index (χ1v) is 9.06. The van der Waals surface area contributed by atoms with Crippen LogP contribution in [0.1, 0.15) is 5.56 Å². The average Bonchev–Trinajstić information content (AvgIpc) is 2.43.